The Balaban J connectivity index is 1.68. The van der Waals surface area contributed by atoms with Gasteiger partial charge in [-0.05, 0) is 62.1 Å². The second-order valence-electron chi connectivity index (χ2n) is 8.03. The van der Waals surface area contributed by atoms with E-state index in [2.05, 4.69) is 26.8 Å². The Morgan fingerprint density at radius 1 is 1.00 bits per heavy atom. The molecule has 3 atom stereocenters. The number of rotatable bonds is 2. The van der Waals surface area contributed by atoms with Crippen LogP contribution in [0.3, 0.4) is 0 Å². The molecule has 3 nitrogen and oxygen atoms in total. The minimum Gasteiger partial charge on any atom is -0.331 e. The fourth-order valence-corrected chi connectivity index (χ4v) is 4.76. The minimum absolute atomic E-state index is 0.0590. The fourth-order valence-electron chi connectivity index (χ4n) is 4.45. The molecule has 3 heterocycles. The maximum absolute atomic E-state index is 6.49. The third-order valence-corrected chi connectivity index (χ3v) is 6.68. The van der Waals surface area contributed by atoms with Gasteiger partial charge < -0.3 is 4.74 Å². The molecule has 0 N–H and O–H groups in total. The molecule has 2 bridgehead atoms. The zero-order valence-corrected chi connectivity index (χ0v) is 16.2. The average molecular weight is 381 g/mol. The molecule has 1 aromatic carbocycles. The van der Waals surface area contributed by atoms with E-state index in [0.717, 1.165) is 24.8 Å². The summed E-state index contributed by atoms with van der Waals surface area (Å²) in [4.78, 5) is 11.8. The maximum Gasteiger partial charge on any atom is 0.241 e. The van der Waals surface area contributed by atoms with E-state index >= 15 is 0 Å². The predicted octanol–water partition coefficient (Wildman–Crippen LogP) is 5.96. The molecule has 1 saturated heterocycles. The number of halogens is 2. The van der Waals surface area contributed by atoms with Crippen LogP contribution in [0, 0.1) is 5.41 Å². The molecule has 5 heteroatoms. The standard InChI is InChI=1S/C20H22Cl2O3/c1-17(2)8-4-9-18(3)20(17)12-11-19(23-18,24-25-20)10-7-14-5-6-15(21)16(22)13-14/h5-7,10-13H,4,8-9H2,1-3H3/b10-7+/t18-,19+,20+/m0/s1. The Morgan fingerprint density at radius 2 is 1.80 bits per heavy atom. The summed E-state index contributed by atoms with van der Waals surface area (Å²) < 4.78 is 6.49. The van der Waals surface area contributed by atoms with Crippen LogP contribution in [0.15, 0.2) is 36.4 Å². The van der Waals surface area contributed by atoms with Crippen molar-refractivity contribution in [1.29, 1.82) is 0 Å². The first-order valence-corrected chi connectivity index (χ1v) is 9.38. The lowest BCUT2D eigenvalue weighted by atomic mass is 9.57. The quantitative estimate of drug-likeness (QED) is 0.467. The van der Waals surface area contributed by atoms with Crippen LogP contribution in [-0.4, -0.2) is 17.0 Å². The molecule has 0 unspecified atom stereocenters. The van der Waals surface area contributed by atoms with Gasteiger partial charge in [-0.25, -0.2) is 4.89 Å². The maximum atomic E-state index is 6.49. The van der Waals surface area contributed by atoms with Gasteiger partial charge in [0, 0.05) is 5.41 Å². The van der Waals surface area contributed by atoms with Crippen LogP contribution in [0.2, 0.25) is 10.0 Å². The van der Waals surface area contributed by atoms with Crippen LogP contribution in [0.5, 0.6) is 0 Å². The lowest BCUT2D eigenvalue weighted by Gasteiger charge is -2.64. The van der Waals surface area contributed by atoms with Gasteiger partial charge >= 0.3 is 0 Å². The van der Waals surface area contributed by atoms with Gasteiger partial charge in [0.1, 0.15) is 5.60 Å². The summed E-state index contributed by atoms with van der Waals surface area (Å²) in [7, 11) is 0. The van der Waals surface area contributed by atoms with Crippen molar-refractivity contribution < 1.29 is 14.5 Å². The summed E-state index contributed by atoms with van der Waals surface area (Å²) in [5.41, 5.74) is -0.126. The fraction of sp³-hybridized carbons (Fsp3) is 0.500. The van der Waals surface area contributed by atoms with E-state index in [1.807, 2.05) is 30.4 Å². The highest BCUT2D eigenvalue weighted by Crippen LogP contribution is 2.60. The van der Waals surface area contributed by atoms with Crippen molar-refractivity contribution in [1.82, 2.24) is 0 Å². The molecule has 4 aliphatic rings. The smallest absolute Gasteiger partial charge is 0.241 e. The molecule has 1 aliphatic carbocycles. The second-order valence-corrected chi connectivity index (χ2v) is 8.85. The van der Waals surface area contributed by atoms with Gasteiger partial charge in [-0.2, -0.15) is 4.89 Å². The van der Waals surface area contributed by atoms with Gasteiger partial charge in [-0.15, -0.1) is 0 Å². The molecule has 0 aromatic heterocycles. The Hall–Kier alpha value is -0.840. The van der Waals surface area contributed by atoms with Gasteiger partial charge in [0.25, 0.3) is 0 Å². The van der Waals surface area contributed by atoms with E-state index < -0.39 is 17.0 Å². The molecule has 0 amide bonds. The molecular weight excluding hydrogens is 359 g/mol. The van der Waals surface area contributed by atoms with Crippen molar-refractivity contribution >= 4 is 29.3 Å². The highest BCUT2D eigenvalue weighted by molar-refractivity contribution is 6.42. The molecule has 5 rings (SSSR count). The van der Waals surface area contributed by atoms with Gasteiger partial charge in [0.15, 0.2) is 5.60 Å². The summed E-state index contributed by atoms with van der Waals surface area (Å²) in [6, 6.07) is 5.48. The molecule has 2 fully saturated rings. The minimum atomic E-state index is -1.02. The zero-order chi connectivity index (χ0) is 17.9. The topological polar surface area (TPSA) is 27.7 Å². The SMILES string of the molecule is CC1(C)CCC[C@]2(C)O[C@@]3(/C=C/c4ccc(Cl)c(Cl)c4)C=C[C@@]12OO3. The summed E-state index contributed by atoms with van der Waals surface area (Å²) in [5.74, 6) is -1.02. The van der Waals surface area contributed by atoms with Crippen molar-refractivity contribution in [2.45, 2.75) is 57.0 Å². The van der Waals surface area contributed by atoms with Crippen LogP contribution < -0.4 is 0 Å². The highest BCUT2D eigenvalue weighted by atomic mass is 35.5. The number of hydrogen-bond donors (Lipinski definition) is 0. The molecular formula is C20H22Cl2O3. The summed E-state index contributed by atoms with van der Waals surface area (Å²) in [6.45, 7) is 6.55. The summed E-state index contributed by atoms with van der Waals surface area (Å²) >= 11 is 12.1. The monoisotopic (exact) mass is 380 g/mol. The third-order valence-electron chi connectivity index (χ3n) is 5.94. The van der Waals surface area contributed by atoms with Gasteiger partial charge in [0.2, 0.25) is 5.79 Å². The summed E-state index contributed by atoms with van der Waals surface area (Å²) in [6.07, 6.45) is 11.0. The van der Waals surface area contributed by atoms with Crippen molar-refractivity contribution in [3.8, 4) is 0 Å². The van der Waals surface area contributed by atoms with Crippen LogP contribution in [0.25, 0.3) is 6.08 Å². The Morgan fingerprint density at radius 3 is 2.48 bits per heavy atom. The largest absolute Gasteiger partial charge is 0.331 e. The van der Waals surface area contributed by atoms with Gasteiger partial charge in [-0.1, -0.05) is 49.2 Å². The molecule has 1 saturated carbocycles. The summed E-state index contributed by atoms with van der Waals surface area (Å²) in [5, 5.41) is 1.05. The number of ether oxygens (including phenoxy) is 1. The number of hydrogen-bond acceptors (Lipinski definition) is 3. The molecule has 134 valence electrons. The van der Waals surface area contributed by atoms with Crippen LogP contribution >= 0.6 is 23.2 Å². The average Bonchev–Trinajstić information content (AvgIpc) is 2.56. The van der Waals surface area contributed by atoms with Crippen LogP contribution in [0.4, 0.5) is 0 Å². The van der Waals surface area contributed by atoms with Crippen molar-refractivity contribution in [3.05, 3.63) is 52.0 Å². The first-order valence-electron chi connectivity index (χ1n) is 8.63. The predicted molar refractivity (Wildman–Crippen MR) is 99.4 cm³/mol. The first-order chi connectivity index (χ1) is 11.7. The number of fused-ring (bicyclic) bond motifs is 1. The molecule has 1 spiro atoms. The van der Waals surface area contributed by atoms with E-state index in [0.29, 0.717) is 10.0 Å². The van der Waals surface area contributed by atoms with E-state index in [4.69, 9.17) is 37.7 Å². The first kappa shape index (κ1) is 17.6. The second kappa shape index (κ2) is 5.58. The van der Waals surface area contributed by atoms with Crippen molar-refractivity contribution in [3.63, 3.8) is 0 Å². The van der Waals surface area contributed by atoms with Crippen molar-refractivity contribution in [2.24, 2.45) is 5.41 Å². The van der Waals surface area contributed by atoms with Crippen LogP contribution in [0.1, 0.15) is 45.6 Å². The van der Waals surface area contributed by atoms with Gasteiger partial charge in [0.05, 0.1) is 10.0 Å². The molecule has 25 heavy (non-hydrogen) atoms. The van der Waals surface area contributed by atoms with Gasteiger partial charge in [-0.3, -0.25) is 0 Å². The molecule has 1 aromatic rings. The Kier molecular flexibility index (Phi) is 3.92. The molecule has 3 aliphatic heterocycles. The molecule has 0 radical (unpaired) electrons. The van der Waals surface area contributed by atoms with E-state index in [1.54, 1.807) is 6.07 Å². The Bertz CT molecular complexity index is 772. The highest BCUT2D eigenvalue weighted by Gasteiger charge is 2.68. The van der Waals surface area contributed by atoms with Crippen LogP contribution in [-0.2, 0) is 14.5 Å². The zero-order valence-electron chi connectivity index (χ0n) is 14.6. The van der Waals surface area contributed by atoms with E-state index in [-0.39, 0.29) is 5.41 Å². The lowest BCUT2D eigenvalue weighted by Crippen LogP contribution is -2.73. The third kappa shape index (κ3) is 2.52. The normalized spacial score (nSPS) is 38.9. The number of benzene rings is 1. The van der Waals surface area contributed by atoms with E-state index in [1.165, 1.54) is 0 Å². The Labute approximate surface area is 158 Å². The van der Waals surface area contributed by atoms with E-state index in [9.17, 15) is 0 Å². The van der Waals surface area contributed by atoms with Crippen molar-refractivity contribution in [2.75, 3.05) is 0 Å². The lowest BCUT2D eigenvalue weighted by molar-refractivity contribution is -0.540.